The summed E-state index contributed by atoms with van der Waals surface area (Å²) in [4.78, 5) is 31.9. The molecule has 1 aliphatic rings. The van der Waals surface area contributed by atoms with Crippen LogP contribution in [0.3, 0.4) is 0 Å². The topological polar surface area (TPSA) is 74.9 Å². The minimum Gasteiger partial charge on any atom is -0.497 e. The molecule has 7 nitrogen and oxygen atoms in total. The third-order valence-corrected chi connectivity index (χ3v) is 4.54. The molecule has 3 rings (SSSR count). The lowest BCUT2D eigenvalue weighted by atomic mass is 10.1. The van der Waals surface area contributed by atoms with E-state index in [4.69, 9.17) is 9.47 Å². The third-order valence-electron chi connectivity index (χ3n) is 4.54. The maximum atomic E-state index is 12.9. The zero-order valence-corrected chi connectivity index (χ0v) is 15.0. The molecule has 26 heavy (non-hydrogen) atoms. The van der Waals surface area contributed by atoms with Gasteiger partial charge in [0.2, 0.25) is 0 Å². The van der Waals surface area contributed by atoms with E-state index < -0.39 is 0 Å². The van der Waals surface area contributed by atoms with Crippen molar-refractivity contribution in [3.8, 4) is 11.5 Å². The molecular formula is C19H23N3O4. The van der Waals surface area contributed by atoms with E-state index in [9.17, 15) is 9.59 Å². The summed E-state index contributed by atoms with van der Waals surface area (Å²) in [7, 11) is 3.10. The van der Waals surface area contributed by atoms with Gasteiger partial charge in [0.1, 0.15) is 17.2 Å². The number of H-pyrrole nitrogens is 1. The molecule has 1 fully saturated rings. The number of hydrogen-bond donors (Lipinski definition) is 1. The standard InChI is InChI=1S/C19H23N3O4/c1-25-14-6-7-15(17(13-14)26-2)18(23)21-9-4-10-22(12-11-21)19(24)16-5-3-8-20-16/h3,5-8,13,20H,4,9-12H2,1-2H3. The highest BCUT2D eigenvalue weighted by Crippen LogP contribution is 2.26. The minimum absolute atomic E-state index is 0.0358. The van der Waals surface area contributed by atoms with Gasteiger partial charge in [-0.3, -0.25) is 9.59 Å². The fourth-order valence-electron chi connectivity index (χ4n) is 3.10. The van der Waals surface area contributed by atoms with Gasteiger partial charge in [0.25, 0.3) is 11.8 Å². The average Bonchev–Trinajstić information content (AvgIpc) is 3.11. The molecule has 0 aliphatic carbocycles. The Labute approximate surface area is 152 Å². The molecule has 1 aliphatic heterocycles. The van der Waals surface area contributed by atoms with Crippen LogP contribution >= 0.6 is 0 Å². The molecule has 0 atom stereocenters. The highest BCUT2D eigenvalue weighted by molar-refractivity contribution is 5.97. The van der Waals surface area contributed by atoms with Crippen LogP contribution in [0.25, 0.3) is 0 Å². The second-order valence-corrected chi connectivity index (χ2v) is 6.09. The maximum absolute atomic E-state index is 12.9. The molecule has 0 radical (unpaired) electrons. The molecule has 2 aromatic rings. The first kappa shape index (κ1) is 17.8. The fraction of sp³-hybridized carbons (Fsp3) is 0.368. The summed E-state index contributed by atoms with van der Waals surface area (Å²) in [5.74, 6) is 0.986. The van der Waals surface area contributed by atoms with Gasteiger partial charge in [0, 0.05) is 38.4 Å². The van der Waals surface area contributed by atoms with Crippen LogP contribution in [0, 0.1) is 0 Å². The summed E-state index contributed by atoms with van der Waals surface area (Å²) in [6, 6.07) is 8.72. The van der Waals surface area contributed by atoms with Crippen LogP contribution in [0.1, 0.15) is 27.3 Å². The van der Waals surface area contributed by atoms with Crippen LogP contribution < -0.4 is 9.47 Å². The van der Waals surface area contributed by atoms with Crippen molar-refractivity contribution in [3.05, 3.63) is 47.8 Å². The lowest BCUT2D eigenvalue weighted by Crippen LogP contribution is -2.37. The Morgan fingerprint density at radius 1 is 0.962 bits per heavy atom. The number of methoxy groups -OCH3 is 2. The van der Waals surface area contributed by atoms with Crippen LogP contribution in [0.4, 0.5) is 0 Å². The summed E-state index contributed by atoms with van der Waals surface area (Å²) in [5, 5.41) is 0. The Morgan fingerprint density at radius 3 is 2.31 bits per heavy atom. The molecule has 1 aromatic carbocycles. The van der Waals surface area contributed by atoms with Crippen molar-refractivity contribution in [1.29, 1.82) is 0 Å². The monoisotopic (exact) mass is 357 g/mol. The van der Waals surface area contributed by atoms with E-state index in [2.05, 4.69) is 4.98 Å². The van der Waals surface area contributed by atoms with Gasteiger partial charge in [-0.2, -0.15) is 0 Å². The van der Waals surface area contributed by atoms with Gasteiger partial charge >= 0.3 is 0 Å². The zero-order chi connectivity index (χ0) is 18.5. The lowest BCUT2D eigenvalue weighted by molar-refractivity contribution is 0.0714. The molecular weight excluding hydrogens is 334 g/mol. The number of amides is 2. The van der Waals surface area contributed by atoms with Crippen molar-refractivity contribution in [1.82, 2.24) is 14.8 Å². The number of aromatic nitrogens is 1. The van der Waals surface area contributed by atoms with E-state index in [1.807, 2.05) is 0 Å². The van der Waals surface area contributed by atoms with E-state index in [1.165, 1.54) is 7.11 Å². The van der Waals surface area contributed by atoms with Crippen LogP contribution in [-0.4, -0.2) is 67.0 Å². The van der Waals surface area contributed by atoms with Gasteiger partial charge < -0.3 is 24.3 Å². The number of nitrogens with one attached hydrogen (secondary N) is 1. The molecule has 0 spiro atoms. The molecule has 1 saturated heterocycles. The quantitative estimate of drug-likeness (QED) is 0.908. The van der Waals surface area contributed by atoms with E-state index in [1.54, 1.807) is 53.4 Å². The number of aromatic amines is 1. The molecule has 0 unspecified atom stereocenters. The van der Waals surface area contributed by atoms with Crippen LogP contribution in [0.2, 0.25) is 0 Å². The Hall–Kier alpha value is -2.96. The Balaban J connectivity index is 1.71. The summed E-state index contributed by atoms with van der Waals surface area (Å²) in [6.45, 7) is 2.21. The average molecular weight is 357 g/mol. The molecule has 7 heteroatoms. The second-order valence-electron chi connectivity index (χ2n) is 6.09. The Kier molecular flexibility index (Phi) is 5.46. The highest BCUT2D eigenvalue weighted by atomic mass is 16.5. The first-order chi connectivity index (χ1) is 12.6. The Morgan fingerprint density at radius 2 is 1.69 bits per heavy atom. The number of hydrogen-bond acceptors (Lipinski definition) is 4. The molecule has 1 N–H and O–H groups in total. The minimum atomic E-state index is -0.0984. The van der Waals surface area contributed by atoms with Crippen molar-refractivity contribution in [2.75, 3.05) is 40.4 Å². The van der Waals surface area contributed by atoms with E-state index in [0.717, 1.165) is 6.42 Å². The van der Waals surface area contributed by atoms with Crippen molar-refractivity contribution in [2.24, 2.45) is 0 Å². The van der Waals surface area contributed by atoms with Crippen LogP contribution in [0.15, 0.2) is 36.5 Å². The van der Waals surface area contributed by atoms with E-state index in [-0.39, 0.29) is 11.8 Å². The third kappa shape index (κ3) is 3.66. The van der Waals surface area contributed by atoms with Crippen molar-refractivity contribution < 1.29 is 19.1 Å². The molecule has 138 valence electrons. The van der Waals surface area contributed by atoms with Gasteiger partial charge in [-0.05, 0) is 30.7 Å². The summed E-state index contributed by atoms with van der Waals surface area (Å²) in [5.41, 5.74) is 1.07. The van der Waals surface area contributed by atoms with Gasteiger partial charge in [-0.25, -0.2) is 0 Å². The SMILES string of the molecule is COc1ccc(C(=O)N2CCCN(C(=O)c3ccc[nH]3)CC2)c(OC)c1. The summed E-state index contributed by atoms with van der Waals surface area (Å²) < 4.78 is 10.5. The normalized spacial score (nSPS) is 14.7. The van der Waals surface area contributed by atoms with Gasteiger partial charge in [0.15, 0.2) is 0 Å². The first-order valence-corrected chi connectivity index (χ1v) is 8.58. The number of benzene rings is 1. The maximum Gasteiger partial charge on any atom is 0.270 e. The number of rotatable bonds is 4. The predicted molar refractivity (Wildman–Crippen MR) is 96.8 cm³/mol. The largest absolute Gasteiger partial charge is 0.497 e. The van der Waals surface area contributed by atoms with Gasteiger partial charge in [-0.15, -0.1) is 0 Å². The van der Waals surface area contributed by atoms with Gasteiger partial charge in [-0.1, -0.05) is 0 Å². The number of ether oxygens (including phenoxy) is 2. The molecule has 1 aromatic heterocycles. The lowest BCUT2D eigenvalue weighted by Gasteiger charge is -2.23. The molecule has 2 heterocycles. The van der Waals surface area contributed by atoms with E-state index >= 15 is 0 Å². The molecule has 0 bridgehead atoms. The van der Waals surface area contributed by atoms with Crippen LogP contribution in [-0.2, 0) is 0 Å². The summed E-state index contributed by atoms with van der Waals surface area (Å²) >= 11 is 0. The summed E-state index contributed by atoms with van der Waals surface area (Å²) in [6.07, 6.45) is 2.47. The first-order valence-electron chi connectivity index (χ1n) is 8.58. The fourth-order valence-corrected chi connectivity index (χ4v) is 3.10. The van der Waals surface area contributed by atoms with Crippen molar-refractivity contribution in [2.45, 2.75) is 6.42 Å². The molecule has 0 saturated carbocycles. The predicted octanol–water partition coefficient (Wildman–Crippen LogP) is 2.02. The zero-order valence-electron chi connectivity index (χ0n) is 15.0. The van der Waals surface area contributed by atoms with E-state index in [0.29, 0.717) is 48.9 Å². The van der Waals surface area contributed by atoms with Crippen LogP contribution in [0.5, 0.6) is 11.5 Å². The number of carbonyl (C=O) groups is 2. The Bertz CT molecular complexity index is 773. The molecule has 2 amide bonds. The highest BCUT2D eigenvalue weighted by Gasteiger charge is 2.25. The number of carbonyl (C=O) groups excluding carboxylic acids is 2. The van der Waals surface area contributed by atoms with Crippen molar-refractivity contribution in [3.63, 3.8) is 0 Å². The van der Waals surface area contributed by atoms with Gasteiger partial charge in [0.05, 0.1) is 19.8 Å². The van der Waals surface area contributed by atoms with Crippen molar-refractivity contribution >= 4 is 11.8 Å². The number of nitrogens with zero attached hydrogens (tertiary/aromatic N) is 2. The smallest absolute Gasteiger partial charge is 0.270 e. The second kappa shape index (κ2) is 7.95.